The van der Waals surface area contributed by atoms with Crippen molar-refractivity contribution in [1.82, 2.24) is 0 Å². The van der Waals surface area contributed by atoms with Crippen molar-refractivity contribution in [3.63, 3.8) is 0 Å². The highest BCUT2D eigenvalue weighted by atomic mass is 32.1. The van der Waals surface area contributed by atoms with E-state index in [1.165, 1.54) is 4.88 Å². The zero-order valence-corrected chi connectivity index (χ0v) is 12.4. The summed E-state index contributed by atoms with van der Waals surface area (Å²) in [6.07, 6.45) is 0. The lowest BCUT2D eigenvalue weighted by Crippen LogP contribution is -2.29. The van der Waals surface area contributed by atoms with Crippen LogP contribution in [-0.2, 0) is 6.54 Å². The molecule has 0 bridgehead atoms. The topological polar surface area (TPSA) is 38.5 Å². The lowest BCUT2D eigenvalue weighted by molar-refractivity contribution is 0.417. The monoisotopic (exact) mass is 276 g/mol. The Morgan fingerprint density at radius 1 is 1.32 bits per heavy atom. The number of nitrogens with zero attached hydrogens (tertiary/aromatic N) is 1. The van der Waals surface area contributed by atoms with Gasteiger partial charge in [-0.05, 0) is 37.4 Å². The molecule has 0 radical (unpaired) electrons. The molecule has 2 N–H and O–H groups in total. The van der Waals surface area contributed by atoms with Crippen LogP contribution in [0.4, 0.5) is 11.4 Å². The third kappa shape index (κ3) is 3.20. The Bertz CT molecular complexity index is 523. The van der Waals surface area contributed by atoms with Crippen molar-refractivity contribution in [3.8, 4) is 5.75 Å². The lowest BCUT2D eigenvalue weighted by atomic mass is 10.2. The van der Waals surface area contributed by atoms with Gasteiger partial charge in [-0.1, -0.05) is 6.07 Å². The molecule has 1 aromatic heterocycles. The first-order chi connectivity index (χ1) is 9.11. The molecule has 0 spiro atoms. The van der Waals surface area contributed by atoms with Gasteiger partial charge in [-0.2, -0.15) is 0 Å². The number of nitrogen functional groups attached to an aromatic ring is 1. The van der Waals surface area contributed by atoms with Crippen LogP contribution in [0.25, 0.3) is 0 Å². The van der Waals surface area contributed by atoms with Gasteiger partial charge in [0.25, 0.3) is 0 Å². The fraction of sp³-hybridized carbons (Fsp3) is 0.333. The van der Waals surface area contributed by atoms with Crippen LogP contribution in [0.5, 0.6) is 5.75 Å². The summed E-state index contributed by atoms with van der Waals surface area (Å²) in [7, 11) is 1.65. The van der Waals surface area contributed by atoms with Gasteiger partial charge in [0.05, 0.1) is 19.3 Å². The van der Waals surface area contributed by atoms with Crippen LogP contribution in [0, 0.1) is 0 Å². The summed E-state index contributed by atoms with van der Waals surface area (Å²) in [5.41, 5.74) is 7.68. The van der Waals surface area contributed by atoms with Crippen LogP contribution in [0.15, 0.2) is 35.7 Å². The maximum Gasteiger partial charge on any atom is 0.143 e. The number of benzene rings is 1. The standard InChI is InChI=1S/C15H20N2OS/c1-11(2)17(10-13-5-4-8-19-13)12-6-7-14(16)15(9-12)18-3/h4-9,11H,10,16H2,1-3H3. The number of hydrogen-bond acceptors (Lipinski definition) is 4. The number of hydrogen-bond donors (Lipinski definition) is 1. The van der Waals surface area contributed by atoms with E-state index in [1.54, 1.807) is 18.4 Å². The molecule has 19 heavy (non-hydrogen) atoms. The van der Waals surface area contributed by atoms with Crippen molar-refractivity contribution in [1.29, 1.82) is 0 Å². The molecule has 1 heterocycles. The first-order valence-corrected chi connectivity index (χ1v) is 7.22. The summed E-state index contributed by atoms with van der Waals surface area (Å²) >= 11 is 1.78. The molecule has 2 aromatic rings. The minimum absolute atomic E-state index is 0.412. The van der Waals surface area contributed by atoms with Crippen molar-refractivity contribution in [3.05, 3.63) is 40.6 Å². The summed E-state index contributed by atoms with van der Waals surface area (Å²) < 4.78 is 5.30. The Balaban J connectivity index is 2.28. The first kappa shape index (κ1) is 13.7. The van der Waals surface area contributed by atoms with E-state index in [0.29, 0.717) is 11.7 Å². The molecule has 0 aliphatic heterocycles. The van der Waals surface area contributed by atoms with Crippen LogP contribution >= 0.6 is 11.3 Å². The molecule has 0 saturated heterocycles. The van der Waals surface area contributed by atoms with Gasteiger partial charge >= 0.3 is 0 Å². The average molecular weight is 276 g/mol. The third-order valence-electron chi connectivity index (χ3n) is 3.08. The van der Waals surface area contributed by atoms with E-state index in [2.05, 4.69) is 36.3 Å². The summed E-state index contributed by atoms with van der Waals surface area (Å²) in [5.74, 6) is 0.731. The van der Waals surface area contributed by atoms with Crippen LogP contribution in [-0.4, -0.2) is 13.2 Å². The maximum atomic E-state index is 5.87. The molecule has 3 nitrogen and oxygen atoms in total. The Kier molecular flexibility index (Phi) is 4.32. The van der Waals surface area contributed by atoms with Crippen molar-refractivity contribution < 1.29 is 4.74 Å². The van der Waals surface area contributed by atoms with Gasteiger partial charge < -0.3 is 15.4 Å². The van der Waals surface area contributed by atoms with E-state index >= 15 is 0 Å². The summed E-state index contributed by atoms with van der Waals surface area (Å²) in [6, 6.07) is 10.6. The summed E-state index contributed by atoms with van der Waals surface area (Å²) in [4.78, 5) is 3.69. The maximum absolute atomic E-state index is 5.87. The quantitative estimate of drug-likeness (QED) is 0.845. The number of ether oxygens (including phenoxy) is 1. The highest BCUT2D eigenvalue weighted by Gasteiger charge is 2.13. The molecule has 0 unspecified atom stereocenters. The zero-order valence-electron chi connectivity index (χ0n) is 11.6. The van der Waals surface area contributed by atoms with E-state index < -0.39 is 0 Å². The second-order valence-electron chi connectivity index (χ2n) is 4.73. The smallest absolute Gasteiger partial charge is 0.143 e. The average Bonchev–Trinajstić information content (AvgIpc) is 2.89. The van der Waals surface area contributed by atoms with E-state index in [0.717, 1.165) is 18.0 Å². The first-order valence-electron chi connectivity index (χ1n) is 6.34. The van der Waals surface area contributed by atoms with Gasteiger partial charge in [-0.15, -0.1) is 11.3 Å². The fourth-order valence-electron chi connectivity index (χ4n) is 2.02. The lowest BCUT2D eigenvalue weighted by Gasteiger charge is -2.29. The van der Waals surface area contributed by atoms with E-state index in [1.807, 2.05) is 18.2 Å². The largest absolute Gasteiger partial charge is 0.495 e. The molecule has 0 aliphatic carbocycles. The van der Waals surface area contributed by atoms with Crippen molar-refractivity contribution in [2.45, 2.75) is 26.4 Å². The second-order valence-corrected chi connectivity index (χ2v) is 5.76. The van der Waals surface area contributed by atoms with Gasteiger partial charge in [0.15, 0.2) is 0 Å². The Hall–Kier alpha value is -1.68. The second kappa shape index (κ2) is 5.97. The third-order valence-corrected chi connectivity index (χ3v) is 3.94. The predicted octanol–water partition coefficient (Wildman–Crippen LogP) is 3.75. The number of methoxy groups -OCH3 is 1. The normalized spacial score (nSPS) is 10.7. The predicted molar refractivity (Wildman–Crippen MR) is 83.0 cm³/mol. The van der Waals surface area contributed by atoms with Gasteiger partial charge in [0.2, 0.25) is 0 Å². The Labute approximate surface area is 118 Å². The van der Waals surface area contributed by atoms with Gasteiger partial charge in [-0.25, -0.2) is 0 Å². The van der Waals surface area contributed by atoms with Crippen LogP contribution in [0.3, 0.4) is 0 Å². The minimum Gasteiger partial charge on any atom is -0.495 e. The summed E-state index contributed by atoms with van der Waals surface area (Å²) in [6.45, 7) is 5.29. The van der Waals surface area contributed by atoms with Crippen molar-refractivity contribution in [2.75, 3.05) is 17.7 Å². The van der Waals surface area contributed by atoms with E-state index in [4.69, 9.17) is 10.5 Å². The molecular weight excluding hydrogens is 256 g/mol. The Morgan fingerprint density at radius 3 is 2.68 bits per heavy atom. The highest BCUT2D eigenvalue weighted by molar-refractivity contribution is 7.09. The number of thiophene rings is 1. The van der Waals surface area contributed by atoms with E-state index in [-0.39, 0.29) is 0 Å². The number of anilines is 2. The molecule has 1 aromatic carbocycles. The number of nitrogens with two attached hydrogens (primary N) is 1. The van der Waals surface area contributed by atoms with E-state index in [9.17, 15) is 0 Å². The van der Waals surface area contributed by atoms with Gasteiger partial charge in [-0.3, -0.25) is 0 Å². The molecular formula is C15H20N2OS. The fourth-order valence-corrected chi connectivity index (χ4v) is 2.72. The van der Waals surface area contributed by atoms with Crippen LogP contribution in [0.1, 0.15) is 18.7 Å². The van der Waals surface area contributed by atoms with Crippen molar-refractivity contribution in [2.24, 2.45) is 0 Å². The zero-order chi connectivity index (χ0) is 13.8. The minimum atomic E-state index is 0.412. The molecule has 0 fully saturated rings. The van der Waals surface area contributed by atoms with Crippen LogP contribution in [0.2, 0.25) is 0 Å². The highest BCUT2D eigenvalue weighted by Crippen LogP contribution is 2.30. The molecule has 102 valence electrons. The Morgan fingerprint density at radius 2 is 2.11 bits per heavy atom. The molecule has 2 rings (SSSR count). The molecule has 0 saturated carbocycles. The SMILES string of the molecule is COc1cc(N(Cc2cccs2)C(C)C)ccc1N. The van der Waals surface area contributed by atoms with Crippen LogP contribution < -0.4 is 15.4 Å². The van der Waals surface area contributed by atoms with Crippen molar-refractivity contribution >= 4 is 22.7 Å². The van der Waals surface area contributed by atoms with Gasteiger partial charge in [0, 0.05) is 22.7 Å². The van der Waals surface area contributed by atoms with Gasteiger partial charge in [0.1, 0.15) is 5.75 Å². The molecule has 4 heteroatoms. The molecule has 0 amide bonds. The molecule has 0 atom stereocenters. The molecule has 0 aliphatic rings. The summed E-state index contributed by atoms with van der Waals surface area (Å²) in [5, 5.41) is 2.11. The number of rotatable bonds is 5.